The molecule has 5 rings (SSSR count). The maximum Gasteiger partial charge on any atom is 0.265 e. The Labute approximate surface area is 204 Å². The number of nitrogens with zero attached hydrogens (tertiary/aromatic N) is 3. The van der Waals surface area contributed by atoms with E-state index in [2.05, 4.69) is 44.5 Å². The lowest BCUT2D eigenvalue weighted by Crippen LogP contribution is -2.12. The molecule has 0 fully saturated rings. The predicted octanol–water partition coefficient (Wildman–Crippen LogP) is 5.21. The molecule has 0 saturated carbocycles. The van der Waals surface area contributed by atoms with Crippen LogP contribution in [0.25, 0.3) is 17.0 Å². The number of thiazole rings is 1. The van der Waals surface area contributed by atoms with Gasteiger partial charge in [0.25, 0.3) is 5.91 Å². The van der Waals surface area contributed by atoms with Crippen molar-refractivity contribution in [3.63, 3.8) is 0 Å². The van der Waals surface area contributed by atoms with E-state index in [1.165, 1.54) is 28.2 Å². The number of carbonyl (C=O) groups excluding carboxylic acids is 1. The summed E-state index contributed by atoms with van der Waals surface area (Å²) in [5, 5.41) is 13.1. The topological polar surface area (TPSA) is 109 Å². The molecule has 0 radical (unpaired) electrons. The Balaban J connectivity index is 1.30. The summed E-state index contributed by atoms with van der Waals surface area (Å²) in [5.74, 6) is -0.199. The van der Waals surface area contributed by atoms with Gasteiger partial charge < -0.3 is 21.7 Å². The van der Waals surface area contributed by atoms with Crippen LogP contribution < -0.4 is 21.7 Å². The Kier molecular flexibility index (Phi) is 6.26. The number of aromatic nitrogens is 3. The Bertz CT molecular complexity index is 1450. The normalized spacial score (nSPS) is 11.1. The lowest BCUT2D eigenvalue weighted by molar-refractivity contribution is 0.103. The minimum Gasteiger partial charge on any atom is -0.397 e. The van der Waals surface area contributed by atoms with E-state index in [0.29, 0.717) is 16.3 Å². The first-order valence-corrected chi connectivity index (χ1v) is 12.5. The number of nitrogens with one attached hydrogen (secondary N) is 3. The van der Waals surface area contributed by atoms with Crippen LogP contribution in [-0.2, 0) is 6.54 Å². The van der Waals surface area contributed by atoms with Crippen molar-refractivity contribution in [3.05, 3.63) is 76.7 Å². The maximum absolute atomic E-state index is 12.6. The number of nitrogens with two attached hydrogens (primary N) is 1. The zero-order valence-electron chi connectivity index (χ0n) is 18.4. The van der Waals surface area contributed by atoms with E-state index >= 15 is 0 Å². The van der Waals surface area contributed by atoms with Gasteiger partial charge in [0.2, 0.25) is 0 Å². The van der Waals surface area contributed by atoms with Crippen LogP contribution in [0.1, 0.15) is 22.2 Å². The Morgan fingerprint density at radius 3 is 2.88 bits per heavy atom. The van der Waals surface area contributed by atoms with Crippen LogP contribution in [0.3, 0.4) is 0 Å². The molecule has 5 aromatic rings. The van der Waals surface area contributed by atoms with Crippen LogP contribution in [0.4, 0.5) is 21.5 Å². The number of amides is 1. The average molecular weight is 490 g/mol. The molecule has 1 amide bonds. The Morgan fingerprint density at radius 2 is 2.03 bits per heavy atom. The molecule has 0 bridgehead atoms. The number of imidazole rings is 1. The summed E-state index contributed by atoms with van der Waals surface area (Å²) in [6, 6.07) is 14.9. The van der Waals surface area contributed by atoms with E-state index in [1.807, 2.05) is 35.8 Å². The largest absolute Gasteiger partial charge is 0.397 e. The maximum atomic E-state index is 12.6. The lowest BCUT2D eigenvalue weighted by atomic mass is 10.2. The van der Waals surface area contributed by atoms with Crippen LogP contribution >= 0.6 is 22.7 Å². The number of para-hydroxylation sites is 2. The molecule has 8 nitrogen and oxygen atoms in total. The van der Waals surface area contributed by atoms with Gasteiger partial charge in [-0.2, -0.15) is 0 Å². The molecule has 0 spiro atoms. The fourth-order valence-corrected chi connectivity index (χ4v) is 5.05. The van der Waals surface area contributed by atoms with Crippen molar-refractivity contribution in [2.45, 2.75) is 13.5 Å². The van der Waals surface area contributed by atoms with E-state index in [1.54, 1.807) is 18.2 Å². The monoisotopic (exact) mass is 489 g/mol. The summed E-state index contributed by atoms with van der Waals surface area (Å²) in [6.45, 7) is 3.81. The predicted molar refractivity (Wildman–Crippen MR) is 140 cm³/mol. The number of pyridine rings is 1. The van der Waals surface area contributed by atoms with Crippen LogP contribution in [0.5, 0.6) is 0 Å². The molecule has 0 aliphatic heterocycles. The van der Waals surface area contributed by atoms with Gasteiger partial charge in [-0.25, -0.2) is 9.97 Å². The second kappa shape index (κ2) is 9.64. The third kappa shape index (κ3) is 4.65. The lowest BCUT2D eigenvalue weighted by Gasteiger charge is -2.06. The van der Waals surface area contributed by atoms with E-state index < -0.39 is 0 Å². The van der Waals surface area contributed by atoms with Gasteiger partial charge in [-0.1, -0.05) is 25.1 Å². The van der Waals surface area contributed by atoms with E-state index in [4.69, 9.17) is 10.7 Å². The van der Waals surface area contributed by atoms with E-state index in [0.717, 1.165) is 40.3 Å². The number of hydrogen-bond acceptors (Lipinski definition) is 8. The zero-order valence-corrected chi connectivity index (χ0v) is 20.0. The third-order valence-electron chi connectivity index (χ3n) is 5.18. The van der Waals surface area contributed by atoms with E-state index in [9.17, 15) is 4.79 Å². The van der Waals surface area contributed by atoms with Gasteiger partial charge in [0, 0.05) is 18.1 Å². The van der Waals surface area contributed by atoms with Crippen molar-refractivity contribution in [3.8, 4) is 11.4 Å². The van der Waals surface area contributed by atoms with Gasteiger partial charge in [0.05, 0.1) is 33.1 Å². The van der Waals surface area contributed by atoms with Gasteiger partial charge in [-0.15, -0.1) is 22.7 Å². The zero-order chi connectivity index (χ0) is 23.5. The smallest absolute Gasteiger partial charge is 0.265 e. The number of fused-ring (bicyclic) bond motifs is 1. The summed E-state index contributed by atoms with van der Waals surface area (Å²) in [4.78, 5) is 22.4. The molecule has 4 heterocycles. The van der Waals surface area contributed by atoms with Crippen LogP contribution in [0.15, 0.2) is 66.3 Å². The quantitative estimate of drug-likeness (QED) is 0.223. The third-order valence-corrected chi connectivity index (χ3v) is 6.94. The summed E-state index contributed by atoms with van der Waals surface area (Å²) in [7, 11) is 0. The van der Waals surface area contributed by atoms with Crippen molar-refractivity contribution in [2.24, 2.45) is 0 Å². The number of anilines is 4. The molecule has 34 heavy (non-hydrogen) atoms. The molecular formula is C24H23N7OS2. The number of nitrogen functional groups attached to an aromatic ring is 1. The van der Waals surface area contributed by atoms with Gasteiger partial charge >= 0.3 is 0 Å². The molecule has 0 unspecified atom stereocenters. The highest BCUT2D eigenvalue weighted by atomic mass is 32.1. The summed E-state index contributed by atoms with van der Waals surface area (Å²) >= 11 is 2.86. The molecular weight excluding hydrogens is 466 g/mol. The van der Waals surface area contributed by atoms with Gasteiger partial charge in [0.15, 0.2) is 5.13 Å². The number of benzene rings is 1. The second-order valence-corrected chi connectivity index (χ2v) is 9.50. The van der Waals surface area contributed by atoms with Crippen LogP contribution in [0, 0.1) is 0 Å². The first-order valence-electron chi connectivity index (χ1n) is 10.8. The summed E-state index contributed by atoms with van der Waals surface area (Å²) < 4.78 is 2.06. The highest BCUT2D eigenvalue weighted by molar-refractivity contribution is 7.19. The van der Waals surface area contributed by atoms with E-state index in [-0.39, 0.29) is 5.91 Å². The van der Waals surface area contributed by atoms with Gasteiger partial charge in [-0.3, -0.25) is 9.20 Å². The number of rotatable bonds is 8. The highest BCUT2D eigenvalue weighted by Gasteiger charge is 2.14. The number of hydrogen-bond donors (Lipinski definition) is 4. The van der Waals surface area contributed by atoms with Crippen LogP contribution in [0.2, 0.25) is 0 Å². The molecule has 4 aromatic heterocycles. The summed E-state index contributed by atoms with van der Waals surface area (Å²) in [5.41, 5.74) is 10.9. The Hall–Kier alpha value is -3.73. The van der Waals surface area contributed by atoms with Crippen molar-refractivity contribution < 1.29 is 4.79 Å². The highest BCUT2D eigenvalue weighted by Crippen LogP contribution is 2.31. The first-order chi connectivity index (χ1) is 16.6. The molecule has 5 N–H and O–H groups in total. The molecule has 10 heteroatoms. The molecule has 1 aromatic carbocycles. The minimum absolute atomic E-state index is 0.199. The van der Waals surface area contributed by atoms with Crippen LogP contribution in [-0.4, -0.2) is 26.8 Å². The molecule has 0 saturated heterocycles. The van der Waals surface area contributed by atoms with Crippen molar-refractivity contribution in [2.75, 3.05) is 22.9 Å². The average Bonchev–Trinajstić information content (AvgIpc) is 3.59. The van der Waals surface area contributed by atoms with Crippen molar-refractivity contribution in [1.29, 1.82) is 0 Å². The first kappa shape index (κ1) is 22.1. The SMILES string of the molecule is CCNCc1ccc2ncc(-c3csc(Nc4ccc(C(=O)Nc5ccccc5N)s4)n3)n2c1. The molecule has 0 atom stereocenters. The number of carbonyl (C=O) groups is 1. The molecule has 0 aliphatic carbocycles. The molecule has 172 valence electrons. The fraction of sp³-hybridized carbons (Fsp3) is 0.125. The Morgan fingerprint density at radius 1 is 1.15 bits per heavy atom. The van der Waals surface area contributed by atoms with Gasteiger partial charge in [0.1, 0.15) is 11.3 Å². The van der Waals surface area contributed by atoms with Gasteiger partial charge in [-0.05, 0) is 42.4 Å². The standard InChI is InChI=1S/C24H23N7OS2/c1-2-26-11-15-7-9-21-27-12-19(31(21)13-15)18-14-33-24(29-18)30-22-10-8-20(34-22)23(32)28-17-6-4-3-5-16(17)25/h3-10,12-14,26H,2,11,25H2,1H3,(H,28,32)(H,29,30). The fourth-order valence-electron chi connectivity index (χ4n) is 3.46. The summed E-state index contributed by atoms with van der Waals surface area (Å²) in [6.07, 6.45) is 3.94. The minimum atomic E-state index is -0.199. The number of thiophene rings is 1. The van der Waals surface area contributed by atoms with Crippen molar-refractivity contribution >= 4 is 55.7 Å². The molecule has 0 aliphatic rings. The van der Waals surface area contributed by atoms with Crippen molar-refractivity contribution in [1.82, 2.24) is 19.7 Å². The second-order valence-electron chi connectivity index (χ2n) is 7.56.